The lowest BCUT2D eigenvalue weighted by Gasteiger charge is -2.20. The molecule has 0 radical (unpaired) electrons. The second-order valence-corrected chi connectivity index (χ2v) is 4.99. The number of hydrogen-bond acceptors (Lipinski definition) is 2. The van der Waals surface area contributed by atoms with Gasteiger partial charge in [0, 0.05) is 24.5 Å². The third kappa shape index (κ3) is 4.47. The number of aryl methyl sites for hydroxylation is 1. The van der Waals surface area contributed by atoms with Crippen LogP contribution >= 0.6 is 0 Å². The Morgan fingerprint density at radius 3 is 2.73 bits per heavy atom. The van der Waals surface area contributed by atoms with Crippen molar-refractivity contribution in [2.24, 2.45) is 0 Å². The van der Waals surface area contributed by atoms with E-state index in [1.54, 1.807) is 0 Å². The smallest absolute Gasteiger partial charge is 0.122 e. The molecular formula is C12H23N3. The summed E-state index contributed by atoms with van der Waals surface area (Å²) in [6, 6.07) is 0. The van der Waals surface area contributed by atoms with Crippen LogP contribution in [0.15, 0.2) is 12.4 Å². The fraction of sp³-hybridized carbons (Fsp3) is 0.750. The maximum absolute atomic E-state index is 4.37. The van der Waals surface area contributed by atoms with Crippen LogP contribution in [0, 0.1) is 0 Å². The van der Waals surface area contributed by atoms with Crippen molar-refractivity contribution in [2.75, 3.05) is 0 Å². The van der Waals surface area contributed by atoms with Crippen LogP contribution in [0.1, 0.15) is 46.4 Å². The lowest BCUT2D eigenvalue weighted by molar-refractivity contribution is 0.410. The highest BCUT2D eigenvalue weighted by Crippen LogP contribution is 2.04. The van der Waals surface area contributed by atoms with Crippen LogP contribution in [0.5, 0.6) is 0 Å². The van der Waals surface area contributed by atoms with E-state index < -0.39 is 0 Å². The lowest BCUT2D eigenvalue weighted by Crippen LogP contribution is -2.35. The standard InChI is InChI=1S/C12H23N3/c1-5-6-8-15-9-7-13-11(15)10-14-12(2,3)4/h7,9,14H,5-6,8,10H2,1-4H3. The molecule has 1 heterocycles. The highest BCUT2D eigenvalue weighted by atomic mass is 15.1. The maximum Gasteiger partial charge on any atom is 0.122 e. The van der Waals surface area contributed by atoms with E-state index in [9.17, 15) is 0 Å². The van der Waals surface area contributed by atoms with E-state index in [1.807, 2.05) is 6.20 Å². The van der Waals surface area contributed by atoms with Crippen molar-refractivity contribution in [1.82, 2.24) is 14.9 Å². The molecule has 0 fully saturated rings. The topological polar surface area (TPSA) is 29.9 Å². The average Bonchev–Trinajstić information content (AvgIpc) is 2.57. The summed E-state index contributed by atoms with van der Waals surface area (Å²) in [5.41, 5.74) is 0.154. The molecule has 0 saturated carbocycles. The summed E-state index contributed by atoms with van der Waals surface area (Å²) in [5, 5.41) is 3.46. The van der Waals surface area contributed by atoms with Gasteiger partial charge in [-0.1, -0.05) is 13.3 Å². The first-order valence-corrected chi connectivity index (χ1v) is 5.78. The van der Waals surface area contributed by atoms with Crippen molar-refractivity contribution >= 4 is 0 Å². The highest BCUT2D eigenvalue weighted by molar-refractivity contribution is 4.93. The van der Waals surface area contributed by atoms with Crippen molar-refractivity contribution in [3.8, 4) is 0 Å². The van der Waals surface area contributed by atoms with Crippen molar-refractivity contribution in [2.45, 2.75) is 59.2 Å². The molecule has 86 valence electrons. The molecule has 0 amide bonds. The Kier molecular flexibility index (Phi) is 4.33. The van der Waals surface area contributed by atoms with E-state index in [1.165, 1.54) is 12.8 Å². The Balaban J connectivity index is 2.50. The average molecular weight is 209 g/mol. The Morgan fingerprint density at radius 1 is 1.40 bits per heavy atom. The van der Waals surface area contributed by atoms with Gasteiger partial charge in [0.1, 0.15) is 5.82 Å². The van der Waals surface area contributed by atoms with Crippen LogP contribution < -0.4 is 5.32 Å². The minimum Gasteiger partial charge on any atom is -0.334 e. The number of rotatable bonds is 5. The molecule has 3 heteroatoms. The van der Waals surface area contributed by atoms with E-state index in [0.29, 0.717) is 0 Å². The Morgan fingerprint density at radius 2 is 2.13 bits per heavy atom. The van der Waals surface area contributed by atoms with Gasteiger partial charge in [-0.05, 0) is 27.2 Å². The zero-order valence-corrected chi connectivity index (χ0v) is 10.4. The lowest BCUT2D eigenvalue weighted by atomic mass is 10.1. The Hall–Kier alpha value is -0.830. The third-order valence-electron chi connectivity index (χ3n) is 2.33. The molecule has 0 aliphatic rings. The molecule has 1 rings (SSSR count). The van der Waals surface area contributed by atoms with Gasteiger partial charge in [0.15, 0.2) is 0 Å². The summed E-state index contributed by atoms with van der Waals surface area (Å²) in [6.45, 7) is 10.7. The van der Waals surface area contributed by atoms with Gasteiger partial charge in [-0.3, -0.25) is 0 Å². The monoisotopic (exact) mass is 209 g/mol. The second-order valence-electron chi connectivity index (χ2n) is 4.99. The summed E-state index contributed by atoms with van der Waals surface area (Å²) in [4.78, 5) is 4.37. The zero-order valence-electron chi connectivity index (χ0n) is 10.4. The summed E-state index contributed by atoms with van der Waals surface area (Å²) in [5.74, 6) is 1.14. The molecule has 0 aliphatic heterocycles. The van der Waals surface area contributed by atoms with Gasteiger partial charge in [0.25, 0.3) is 0 Å². The number of nitrogens with one attached hydrogen (secondary N) is 1. The van der Waals surface area contributed by atoms with E-state index in [2.05, 4.69) is 48.8 Å². The largest absolute Gasteiger partial charge is 0.334 e. The molecule has 0 aromatic carbocycles. The van der Waals surface area contributed by atoms with Crippen molar-refractivity contribution < 1.29 is 0 Å². The van der Waals surface area contributed by atoms with Crippen LogP contribution in [0.3, 0.4) is 0 Å². The quantitative estimate of drug-likeness (QED) is 0.807. The number of hydrogen-bond donors (Lipinski definition) is 1. The molecule has 0 atom stereocenters. The summed E-state index contributed by atoms with van der Waals surface area (Å²) in [7, 11) is 0. The Labute approximate surface area is 92.9 Å². The van der Waals surface area contributed by atoms with Gasteiger partial charge in [0.2, 0.25) is 0 Å². The molecule has 1 aromatic heterocycles. The summed E-state index contributed by atoms with van der Waals surface area (Å²) < 4.78 is 2.24. The number of unbranched alkanes of at least 4 members (excludes halogenated alkanes) is 1. The second kappa shape index (κ2) is 5.31. The van der Waals surface area contributed by atoms with Gasteiger partial charge in [-0.2, -0.15) is 0 Å². The van der Waals surface area contributed by atoms with Crippen LogP contribution in [0.25, 0.3) is 0 Å². The van der Waals surface area contributed by atoms with E-state index in [0.717, 1.165) is 18.9 Å². The fourth-order valence-corrected chi connectivity index (χ4v) is 1.38. The first-order valence-electron chi connectivity index (χ1n) is 5.78. The van der Waals surface area contributed by atoms with Crippen LogP contribution in [0.2, 0.25) is 0 Å². The first kappa shape index (κ1) is 12.2. The maximum atomic E-state index is 4.37. The predicted molar refractivity (Wildman–Crippen MR) is 63.7 cm³/mol. The normalized spacial score (nSPS) is 12.0. The fourth-order valence-electron chi connectivity index (χ4n) is 1.38. The third-order valence-corrected chi connectivity index (χ3v) is 2.33. The number of aromatic nitrogens is 2. The zero-order chi connectivity index (χ0) is 11.3. The number of nitrogens with zero attached hydrogens (tertiary/aromatic N) is 2. The molecule has 1 N–H and O–H groups in total. The molecule has 15 heavy (non-hydrogen) atoms. The van der Waals surface area contributed by atoms with Gasteiger partial charge < -0.3 is 9.88 Å². The predicted octanol–water partition coefficient (Wildman–Crippen LogP) is 2.57. The van der Waals surface area contributed by atoms with E-state index in [-0.39, 0.29) is 5.54 Å². The van der Waals surface area contributed by atoms with Crippen molar-refractivity contribution in [3.05, 3.63) is 18.2 Å². The van der Waals surface area contributed by atoms with Gasteiger partial charge in [-0.25, -0.2) is 4.98 Å². The van der Waals surface area contributed by atoms with Crippen LogP contribution in [-0.2, 0) is 13.1 Å². The van der Waals surface area contributed by atoms with Crippen molar-refractivity contribution in [3.63, 3.8) is 0 Å². The number of imidazole rings is 1. The molecule has 0 spiro atoms. The van der Waals surface area contributed by atoms with Gasteiger partial charge in [0.05, 0.1) is 6.54 Å². The van der Waals surface area contributed by atoms with E-state index in [4.69, 9.17) is 0 Å². The molecule has 1 aromatic rings. The summed E-state index contributed by atoms with van der Waals surface area (Å²) >= 11 is 0. The highest BCUT2D eigenvalue weighted by Gasteiger charge is 2.10. The van der Waals surface area contributed by atoms with Crippen LogP contribution in [-0.4, -0.2) is 15.1 Å². The molecule has 0 saturated heterocycles. The van der Waals surface area contributed by atoms with E-state index >= 15 is 0 Å². The Bertz CT molecular complexity index is 283. The minimum absolute atomic E-state index is 0.154. The first-order chi connectivity index (χ1) is 7.03. The SMILES string of the molecule is CCCCn1ccnc1CNC(C)(C)C. The molecule has 0 bridgehead atoms. The molecular weight excluding hydrogens is 186 g/mol. The minimum atomic E-state index is 0.154. The molecule has 0 aliphatic carbocycles. The van der Waals surface area contributed by atoms with Gasteiger partial charge >= 0.3 is 0 Å². The molecule has 3 nitrogen and oxygen atoms in total. The van der Waals surface area contributed by atoms with Gasteiger partial charge in [-0.15, -0.1) is 0 Å². The summed E-state index contributed by atoms with van der Waals surface area (Å²) in [6.07, 6.45) is 6.40. The van der Waals surface area contributed by atoms with Crippen molar-refractivity contribution in [1.29, 1.82) is 0 Å². The van der Waals surface area contributed by atoms with Crippen LogP contribution in [0.4, 0.5) is 0 Å². The molecule has 0 unspecified atom stereocenters.